The summed E-state index contributed by atoms with van der Waals surface area (Å²) in [6, 6.07) is 10.0. The van der Waals surface area contributed by atoms with Crippen LogP contribution in [0.4, 0.5) is 0 Å². The Bertz CT molecular complexity index is 465. The molecule has 4 heteroatoms. The molecule has 0 radical (unpaired) electrons. The van der Waals surface area contributed by atoms with Gasteiger partial charge in [-0.3, -0.25) is 4.79 Å². The minimum atomic E-state index is -0.0958. The number of nitrogens with one attached hydrogen (secondary N) is 1. The number of halogens is 1. The summed E-state index contributed by atoms with van der Waals surface area (Å²) in [5, 5.41) is 3.09. The van der Waals surface area contributed by atoms with Crippen LogP contribution in [0.2, 0.25) is 0 Å². The molecule has 0 saturated carbocycles. The van der Waals surface area contributed by atoms with Crippen molar-refractivity contribution in [3.05, 3.63) is 35.9 Å². The molecule has 0 aliphatic carbocycles. The lowest BCUT2D eigenvalue weighted by atomic mass is 9.88. The molecule has 1 saturated heterocycles. The zero-order valence-corrected chi connectivity index (χ0v) is 13.6. The number of hydrogen-bond donors (Lipinski definition) is 1. The van der Waals surface area contributed by atoms with Gasteiger partial charge in [0, 0.05) is 11.9 Å². The van der Waals surface area contributed by atoms with Crippen molar-refractivity contribution in [2.45, 2.75) is 45.4 Å². The molecule has 0 bridgehead atoms. The second kappa shape index (κ2) is 7.28. The van der Waals surface area contributed by atoms with Crippen LogP contribution in [-0.4, -0.2) is 30.0 Å². The van der Waals surface area contributed by atoms with Crippen molar-refractivity contribution in [1.82, 2.24) is 5.32 Å². The summed E-state index contributed by atoms with van der Waals surface area (Å²) in [7, 11) is 0. The number of amides is 1. The second-order valence-electron chi connectivity index (χ2n) is 5.98. The van der Waals surface area contributed by atoms with Gasteiger partial charge in [0.05, 0.1) is 18.1 Å². The summed E-state index contributed by atoms with van der Waals surface area (Å²) in [6.45, 7) is 6.07. The smallest absolute Gasteiger partial charge is 0.226 e. The number of carbonyl (C=O) groups excluding carboxylic acids is 1. The summed E-state index contributed by atoms with van der Waals surface area (Å²) in [5.74, 6) is 0.599. The first kappa shape index (κ1) is 16.3. The van der Waals surface area contributed by atoms with Gasteiger partial charge in [0.15, 0.2) is 0 Å². The van der Waals surface area contributed by atoms with Gasteiger partial charge in [-0.05, 0) is 31.7 Å². The fourth-order valence-electron chi connectivity index (χ4n) is 3.06. The van der Waals surface area contributed by atoms with E-state index < -0.39 is 0 Å². The number of ether oxygens (including phenoxy) is 1. The van der Waals surface area contributed by atoms with Gasteiger partial charge in [0.1, 0.15) is 0 Å². The molecule has 1 amide bonds. The van der Waals surface area contributed by atoms with Gasteiger partial charge in [-0.1, -0.05) is 37.3 Å². The normalized spacial score (nSPS) is 30.1. The second-order valence-corrected chi connectivity index (χ2v) is 6.29. The average molecular weight is 310 g/mol. The molecule has 3 nitrogen and oxygen atoms in total. The van der Waals surface area contributed by atoms with Crippen molar-refractivity contribution in [1.29, 1.82) is 0 Å². The highest BCUT2D eigenvalue weighted by atomic mass is 35.5. The lowest BCUT2D eigenvalue weighted by Gasteiger charge is -2.22. The maximum absolute atomic E-state index is 12.5. The van der Waals surface area contributed by atoms with E-state index in [1.165, 1.54) is 5.56 Å². The van der Waals surface area contributed by atoms with Crippen LogP contribution in [0.25, 0.3) is 0 Å². The Balaban J connectivity index is 1.97. The first-order valence-electron chi connectivity index (χ1n) is 7.58. The Morgan fingerprint density at radius 2 is 1.90 bits per heavy atom. The molecule has 0 aromatic heterocycles. The van der Waals surface area contributed by atoms with E-state index >= 15 is 0 Å². The first-order valence-corrected chi connectivity index (χ1v) is 8.12. The van der Waals surface area contributed by atoms with E-state index in [2.05, 4.69) is 24.4 Å². The lowest BCUT2D eigenvalue weighted by molar-refractivity contribution is -0.127. The van der Waals surface area contributed by atoms with E-state index in [0.29, 0.717) is 5.88 Å². The Labute approximate surface area is 132 Å². The Morgan fingerprint density at radius 3 is 2.43 bits per heavy atom. The fourth-order valence-corrected chi connectivity index (χ4v) is 3.25. The summed E-state index contributed by atoms with van der Waals surface area (Å²) in [5.41, 5.74) is 1.18. The minimum Gasteiger partial charge on any atom is -0.374 e. The zero-order chi connectivity index (χ0) is 15.4. The fraction of sp³-hybridized carbons (Fsp3) is 0.588. The lowest BCUT2D eigenvalue weighted by Crippen LogP contribution is -2.44. The Kier molecular flexibility index (Phi) is 5.65. The van der Waals surface area contributed by atoms with Gasteiger partial charge < -0.3 is 10.1 Å². The van der Waals surface area contributed by atoms with Crippen LogP contribution in [0.3, 0.4) is 0 Å². The van der Waals surface area contributed by atoms with E-state index in [4.69, 9.17) is 16.3 Å². The van der Waals surface area contributed by atoms with E-state index in [1.807, 2.05) is 32.0 Å². The highest BCUT2D eigenvalue weighted by Crippen LogP contribution is 2.32. The summed E-state index contributed by atoms with van der Waals surface area (Å²) in [4.78, 5) is 12.5. The van der Waals surface area contributed by atoms with Gasteiger partial charge in [-0.25, -0.2) is 0 Å². The molecule has 1 heterocycles. The van der Waals surface area contributed by atoms with Crippen LogP contribution in [0.5, 0.6) is 0 Å². The molecule has 0 spiro atoms. The predicted octanol–water partition coefficient (Wildman–Crippen LogP) is 3.01. The van der Waals surface area contributed by atoms with E-state index in [1.54, 1.807) is 0 Å². The third-order valence-electron chi connectivity index (χ3n) is 4.40. The van der Waals surface area contributed by atoms with Crippen molar-refractivity contribution in [3.8, 4) is 0 Å². The van der Waals surface area contributed by atoms with Gasteiger partial charge in [-0.15, -0.1) is 11.6 Å². The first-order chi connectivity index (χ1) is 10.0. The molecule has 116 valence electrons. The maximum atomic E-state index is 12.5. The Morgan fingerprint density at radius 1 is 1.24 bits per heavy atom. The molecule has 1 N–H and O–H groups in total. The Hall–Kier alpha value is -1.06. The van der Waals surface area contributed by atoms with Crippen LogP contribution in [0, 0.1) is 11.8 Å². The van der Waals surface area contributed by atoms with E-state index in [-0.39, 0.29) is 36.0 Å². The van der Waals surface area contributed by atoms with Gasteiger partial charge >= 0.3 is 0 Å². The summed E-state index contributed by atoms with van der Waals surface area (Å²) < 4.78 is 5.75. The SMILES string of the molecule is CC1OC(C)C(C(=O)NC(CCl)Cc2ccccc2)C1C. The molecule has 1 aliphatic rings. The standard InChI is InChI=1S/C17H24ClNO2/c1-11-12(2)21-13(3)16(11)17(20)19-15(10-18)9-14-7-5-4-6-8-14/h4-8,11-13,15-16H,9-10H2,1-3H3,(H,19,20). The average Bonchev–Trinajstić information content (AvgIpc) is 2.72. The van der Waals surface area contributed by atoms with Crippen molar-refractivity contribution in [2.75, 3.05) is 5.88 Å². The third-order valence-corrected chi connectivity index (χ3v) is 4.77. The molecular weight excluding hydrogens is 286 g/mol. The van der Waals surface area contributed by atoms with Crippen LogP contribution in [0.1, 0.15) is 26.3 Å². The third kappa shape index (κ3) is 3.98. The number of carbonyl (C=O) groups is 1. The predicted molar refractivity (Wildman–Crippen MR) is 85.5 cm³/mol. The van der Waals surface area contributed by atoms with E-state index in [9.17, 15) is 4.79 Å². The highest BCUT2D eigenvalue weighted by molar-refractivity contribution is 6.18. The van der Waals surface area contributed by atoms with Gasteiger partial charge in [0.25, 0.3) is 0 Å². The van der Waals surface area contributed by atoms with Crippen LogP contribution in [0.15, 0.2) is 30.3 Å². The van der Waals surface area contributed by atoms with Gasteiger partial charge in [-0.2, -0.15) is 0 Å². The van der Waals surface area contributed by atoms with Crippen LogP contribution in [-0.2, 0) is 16.0 Å². The zero-order valence-electron chi connectivity index (χ0n) is 12.9. The van der Waals surface area contributed by atoms with Gasteiger partial charge in [0.2, 0.25) is 5.91 Å². The molecule has 5 atom stereocenters. The monoisotopic (exact) mass is 309 g/mol. The molecule has 1 aromatic carbocycles. The van der Waals surface area contributed by atoms with Crippen molar-refractivity contribution in [2.24, 2.45) is 11.8 Å². The minimum absolute atomic E-state index is 0.0392. The number of alkyl halides is 1. The maximum Gasteiger partial charge on any atom is 0.226 e. The summed E-state index contributed by atoms with van der Waals surface area (Å²) in [6.07, 6.45) is 0.837. The molecule has 1 fully saturated rings. The van der Waals surface area contributed by atoms with E-state index in [0.717, 1.165) is 6.42 Å². The molecular formula is C17H24ClNO2. The van der Waals surface area contributed by atoms with Crippen molar-refractivity contribution in [3.63, 3.8) is 0 Å². The molecule has 2 rings (SSSR count). The molecule has 1 aliphatic heterocycles. The quantitative estimate of drug-likeness (QED) is 0.849. The van der Waals surface area contributed by atoms with Crippen molar-refractivity contribution >= 4 is 17.5 Å². The largest absolute Gasteiger partial charge is 0.374 e. The number of benzene rings is 1. The van der Waals surface area contributed by atoms with Crippen LogP contribution >= 0.6 is 11.6 Å². The topological polar surface area (TPSA) is 38.3 Å². The molecule has 1 aromatic rings. The highest BCUT2D eigenvalue weighted by Gasteiger charge is 2.41. The van der Waals surface area contributed by atoms with Crippen molar-refractivity contribution < 1.29 is 9.53 Å². The number of hydrogen-bond acceptors (Lipinski definition) is 2. The molecule has 21 heavy (non-hydrogen) atoms. The number of rotatable bonds is 5. The van der Waals surface area contributed by atoms with Crippen LogP contribution < -0.4 is 5.32 Å². The summed E-state index contributed by atoms with van der Waals surface area (Å²) >= 11 is 6.02. The molecule has 5 unspecified atom stereocenters.